The lowest BCUT2D eigenvalue weighted by molar-refractivity contribution is 0.519. The molecule has 2 rings (SSSR count). The van der Waals surface area contributed by atoms with E-state index in [0.717, 1.165) is 13.3 Å². The van der Waals surface area contributed by atoms with Crippen molar-refractivity contribution in [3.05, 3.63) is 43.4 Å². The standard InChI is InChI=1S/C9H5Br3OS/c10-7-4-5(9(12)14-7)8(11)6-2-1-3-13-6/h1-4,8H. The van der Waals surface area contributed by atoms with Gasteiger partial charge in [0.05, 0.1) is 18.7 Å². The summed E-state index contributed by atoms with van der Waals surface area (Å²) in [5.74, 6) is 0.913. The van der Waals surface area contributed by atoms with Crippen molar-refractivity contribution in [2.45, 2.75) is 4.83 Å². The van der Waals surface area contributed by atoms with Gasteiger partial charge in [0.1, 0.15) is 5.76 Å². The summed E-state index contributed by atoms with van der Waals surface area (Å²) >= 11 is 12.2. The van der Waals surface area contributed by atoms with E-state index < -0.39 is 0 Å². The molecule has 5 heteroatoms. The highest BCUT2D eigenvalue weighted by atomic mass is 79.9. The molecule has 0 bridgehead atoms. The van der Waals surface area contributed by atoms with Crippen molar-refractivity contribution < 1.29 is 4.42 Å². The third-order valence-corrected chi connectivity index (χ3v) is 5.08. The van der Waals surface area contributed by atoms with Crippen LogP contribution in [0.2, 0.25) is 0 Å². The Morgan fingerprint density at radius 1 is 1.36 bits per heavy atom. The summed E-state index contributed by atoms with van der Waals surface area (Å²) in [6, 6.07) is 5.92. The van der Waals surface area contributed by atoms with Gasteiger partial charge in [0.2, 0.25) is 0 Å². The highest BCUT2D eigenvalue weighted by molar-refractivity contribution is 9.12. The van der Waals surface area contributed by atoms with E-state index in [2.05, 4.69) is 53.9 Å². The van der Waals surface area contributed by atoms with Gasteiger partial charge in [-0.1, -0.05) is 15.9 Å². The maximum atomic E-state index is 5.34. The smallest absolute Gasteiger partial charge is 0.121 e. The third-order valence-electron chi connectivity index (χ3n) is 1.75. The van der Waals surface area contributed by atoms with Crippen LogP contribution in [0.4, 0.5) is 0 Å². The Bertz CT molecular complexity index is 421. The molecule has 0 saturated heterocycles. The first-order valence-electron chi connectivity index (χ1n) is 3.80. The van der Waals surface area contributed by atoms with Crippen LogP contribution in [0, 0.1) is 0 Å². The number of thiophene rings is 1. The van der Waals surface area contributed by atoms with Gasteiger partial charge in [0, 0.05) is 0 Å². The Kier molecular flexibility index (Phi) is 3.52. The molecule has 0 aliphatic carbocycles. The van der Waals surface area contributed by atoms with Crippen LogP contribution >= 0.6 is 59.1 Å². The summed E-state index contributed by atoms with van der Waals surface area (Å²) in [6.45, 7) is 0. The predicted molar refractivity (Wildman–Crippen MR) is 69.2 cm³/mol. The van der Waals surface area contributed by atoms with E-state index in [1.807, 2.05) is 12.1 Å². The van der Waals surface area contributed by atoms with Crippen LogP contribution < -0.4 is 0 Å². The lowest BCUT2D eigenvalue weighted by atomic mass is 10.2. The molecule has 0 saturated carbocycles. The van der Waals surface area contributed by atoms with Gasteiger partial charge in [0.15, 0.2) is 0 Å². The fourth-order valence-electron chi connectivity index (χ4n) is 1.11. The molecule has 74 valence electrons. The molecule has 0 N–H and O–H groups in total. The molecule has 1 unspecified atom stereocenters. The van der Waals surface area contributed by atoms with Gasteiger partial charge in [-0.3, -0.25) is 0 Å². The predicted octanol–water partition coefficient (Wildman–Crippen LogP) is 5.35. The molecule has 2 heterocycles. The largest absolute Gasteiger partial charge is 0.468 e. The third kappa shape index (κ3) is 2.15. The molecule has 0 radical (unpaired) electrons. The summed E-state index contributed by atoms with van der Waals surface area (Å²) in [6.07, 6.45) is 1.68. The van der Waals surface area contributed by atoms with Crippen LogP contribution in [-0.4, -0.2) is 0 Å². The van der Waals surface area contributed by atoms with Gasteiger partial charge >= 0.3 is 0 Å². The van der Waals surface area contributed by atoms with Crippen molar-refractivity contribution in [1.29, 1.82) is 0 Å². The fraction of sp³-hybridized carbons (Fsp3) is 0.111. The van der Waals surface area contributed by atoms with Crippen molar-refractivity contribution in [3.8, 4) is 0 Å². The summed E-state index contributed by atoms with van der Waals surface area (Å²) in [7, 11) is 0. The Hall–Kier alpha value is 0.420. The minimum atomic E-state index is 0.106. The second-order valence-corrected chi connectivity index (χ2v) is 7.32. The lowest BCUT2D eigenvalue weighted by Crippen LogP contribution is -1.87. The maximum absolute atomic E-state index is 5.34. The molecular formula is C9H5Br3OS. The fourth-order valence-corrected chi connectivity index (χ4v) is 5.10. The molecule has 1 nitrogen and oxygen atoms in total. The topological polar surface area (TPSA) is 13.1 Å². The molecular weight excluding hydrogens is 396 g/mol. The normalized spacial score (nSPS) is 13.1. The lowest BCUT2D eigenvalue weighted by Gasteiger charge is -2.04. The minimum Gasteiger partial charge on any atom is -0.468 e. The summed E-state index contributed by atoms with van der Waals surface area (Å²) in [4.78, 5) is 0.106. The Balaban J connectivity index is 2.36. The van der Waals surface area contributed by atoms with Crippen molar-refractivity contribution >= 4 is 59.1 Å². The van der Waals surface area contributed by atoms with Gasteiger partial charge in [-0.05, 0) is 55.6 Å². The summed E-state index contributed by atoms with van der Waals surface area (Å²) in [5.41, 5.74) is 1.18. The number of hydrogen-bond acceptors (Lipinski definition) is 2. The molecule has 0 spiro atoms. The molecule has 2 aromatic rings. The number of furan rings is 1. The minimum absolute atomic E-state index is 0.106. The van der Waals surface area contributed by atoms with Crippen LogP contribution in [0.25, 0.3) is 0 Å². The Morgan fingerprint density at radius 2 is 2.14 bits per heavy atom. The average Bonchev–Trinajstić information content (AvgIpc) is 2.73. The zero-order valence-corrected chi connectivity index (χ0v) is 12.4. The van der Waals surface area contributed by atoms with Gasteiger partial charge in [0.25, 0.3) is 0 Å². The molecule has 14 heavy (non-hydrogen) atoms. The molecule has 1 atom stereocenters. The molecule has 0 aliphatic heterocycles. The quantitative estimate of drug-likeness (QED) is 0.619. The zero-order chi connectivity index (χ0) is 10.1. The molecule has 0 amide bonds. The molecule has 2 aromatic heterocycles. The zero-order valence-electron chi connectivity index (χ0n) is 6.84. The molecule has 0 aliphatic rings. The maximum Gasteiger partial charge on any atom is 0.121 e. The van der Waals surface area contributed by atoms with E-state index in [1.165, 1.54) is 5.56 Å². The van der Waals surface area contributed by atoms with Gasteiger partial charge < -0.3 is 4.42 Å². The van der Waals surface area contributed by atoms with Crippen LogP contribution in [0.3, 0.4) is 0 Å². The van der Waals surface area contributed by atoms with Crippen LogP contribution in [-0.2, 0) is 0 Å². The second kappa shape index (κ2) is 4.51. The Labute approximate surface area is 111 Å². The highest BCUT2D eigenvalue weighted by Crippen LogP contribution is 2.41. The summed E-state index contributed by atoms with van der Waals surface area (Å²) < 4.78 is 7.56. The first-order chi connectivity index (χ1) is 6.68. The highest BCUT2D eigenvalue weighted by Gasteiger charge is 2.18. The first kappa shape index (κ1) is 10.9. The number of rotatable bonds is 2. The van der Waals surface area contributed by atoms with Crippen molar-refractivity contribution in [2.24, 2.45) is 0 Å². The van der Waals surface area contributed by atoms with Gasteiger partial charge in [-0.15, -0.1) is 11.3 Å². The Morgan fingerprint density at radius 3 is 2.64 bits per heavy atom. The number of halogens is 3. The second-order valence-electron chi connectivity index (χ2n) is 2.66. The van der Waals surface area contributed by atoms with Crippen LogP contribution in [0.1, 0.15) is 16.2 Å². The SMILES string of the molecule is Brc1cc(C(Br)c2ccco2)c(Br)s1. The van der Waals surface area contributed by atoms with E-state index in [4.69, 9.17) is 4.42 Å². The van der Waals surface area contributed by atoms with Crippen LogP contribution in [0.5, 0.6) is 0 Å². The molecule has 0 aromatic carbocycles. The van der Waals surface area contributed by atoms with Crippen molar-refractivity contribution in [1.82, 2.24) is 0 Å². The molecule has 0 fully saturated rings. The van der Waals surface area contributed by atoms with Crippen molar-refractivity contribution in [2.75, 3.05) is 0 Å². The number of hydrogen-bond donors (Lipinski definition) is 0. The summed E-state index contributed by atoms with van der Waals surface area (Å²) in [5, 5.41) is 0. The van der Waals surface area contributed by atoms with Gasteiger partial charge in [-0.25, -0.2) is 0 Å². The average molecular weight is 401 g/mol. The van der Waals surface area contributed by atoms with Gasteiger partial charge in [-0.2, -0.15) is 0 Å². The van der Waals surface area contributed by atoms with E-state index in [9.17, 15) is 0 Å². The first-order valence-corrected chi connectivity index (χ1v) is 7.12. The van der Waals surface area contributed by atoms with E-state index in [1.54, 1.807) is 17.6 Å². The van der Waals surface area contributed by atoms with Crippen LogP contribution in [0.15, 0.2) is 36.5 Å². The monoisotopic (exact) mass is 398 g/mol. The van der Waals surface area contributed by atoms with E-state index in [-0.39, 0.29) is 4.83 Å². The van der Waals surface area contributed by atoms with E-state index >= 15 is 0 Å². The number of alkyl halides is 1. The van der Waals surface area contributed by atoms with E-state index in [0.29, 0.717) is 0 Å². The van der Waals surface area contributed by atoms with Crippen molar-refractivity contribution in [3.63, 3.8) is 0 Å².